The molecule has 0 bridgehead atoms. The molecule has 9 heteroatoms. The highest BCUT2D eigenvalue weighted by atomic mass is 79.9. The molecule has 0 aliphatic heterocycles. The summed E-state index contributed by atoms with van der Waals surface area (Å²) in [6.07, 6.45) is 0. The SMILES string of the molecule is COc1nc2c(c(=O)n(Cc3ccc(Oc4ccc(Br)cc4)cc3)c(=O)n2C)n1C. The number of hydrogen-bond donors (Lipinski definition) is 0. The Labute approximate surface area is 180 Å². The smallest absolute Gasteiger partial charge is 0.332 e. The molecule has 8 nitrogen and oxygen atoms in total. The molecule has 0 saturated heterocycles. The van der Waals surface area contributed by atoms with Crippen molar-refractivity contribution in [1.82, 2.24) is 18.7 Å². The summed E-state index contributed by atoms with van der Waals surface area (Å²) >= 11 is 3.39. The number of aryl methyl sites for hydroxylation is 2. The highest BCUT2D eigenvalue weighted by Crippen LogP contribution is 2.23. The zero-order chi connectivity index (χ0) is 21.4. The van der Waals surface area contributed by atoms with Crippen LogP contribution >= 0.6 is 15.9 Å². The monoisotopic (exact) mass is 470 g/mol. The van der Waals surface area contributed by atoms with E-state index in [1.165, 1.54) is 16.2 Å². The van der Waals surface area contributed by atoms with Crippen LogP contribution in [0.15, 0.2) is 62.6 Å². The number of imidazole rings is 1. The van der Waals surface area contributed by atoms with E-state index in [-0.39, 0.29) is 12.6 Å². The third kappa shape index (κ3) is 3.52. The van der Waals surface area contributed by atoms with Crippen LogP contribution in [0.2, 0.25) is 0 Å². The maximum absolute atomic E-state index is 13.0. The third-order valence-electron chi connectivity index (χ3n) is 4.81. The van der Waals surface area contributed by atoms with Gasteiger partial charge in [-0.2, -0.15) is 4.98 Å². The van der Waals surface area contributed by atoms with Crippen molar-refractivity contribution in [2.24, 2.45) is 14.1 Å². The molecule has 2 aromatic heterocycles. The van der Waals surface area contributed by atoms with Crippen LogP contribution in [0.4, 0.5) is 0 Å². The third-order valence-corrected chi connectivity index (χ3v) is 5.34. The van der Waals surface area contributed by atoms with Gasteiger partial charge < -0.3 is 9.47 Å². The van der Waals surface area contributed by atoms with Crippen molar-refractivity contribution < 1.29 is 9.47 Å². The van der Waals surface area contributed by atoms with E-state index in [4.69, 9.17) is 9.47 Å². The second-order valence-electron chi connectivity index (χ2n) is 6.76. The summed E-state index contributed by atoms with van der Waals surface area (Å²) in [5.41, 5.74) is 0.541. The molecule has 0 aliphatic carbocycles. The molecule has 0 atom stereocenters. The number of nitrogens with zero attached hydrogens (tertiary/aromatic N) is 4. The Morgan fingerprint density at radius 3 is 2.13 bits per heavy atom. The molecule has 2 aromatic carbocycles. The van der Waals surface area contributed by atoms with E-state index in [2.05, 4.69) is 20.9 Å². The van der Waals surface area contributed by atoms with E-state index in [1.807, 2.05) is 36.4 Å². The fraction of sp³-hybridized carbons (Fsp3) is 0.190. The fourth-order valence-electron chi connectivity index (χ4n) is 3.23. The average molecular weight is 471 g/mol. The number of halogens is 1. The molecular weight excluding hydrogens is 452 g/mol. The molecule has 0 unspecified atom stereocenters. The molecule has 0 spiro atoms. The Balaban J connectivity index is 1.65. The Bertz CT molecular complexity index is 1340. The lowest BCUT2D eigenvalue weighted by Gasteiger charge is -2.10. The van der Waals surface area contributed by atoms with Gasteiger partial charge in [0.15, 0.2) is 11.2 Å². The van der Waals surface area contributed by atoms with Gasteiger partial charge in [0.05, 0.1) is 13.7 Å². The van der Waals surface area contributed by atoms with Gasteiger partial charge in [0, 0.05) is 18.6 Å². The molecule has 0 N–H and O–H groups in total. The minimum atomic E-state index is -0.441. The minimum Gasteiger partial charge on any atom is -0.468 e. The molecular formula is C21H19BrN4O4. The number of methoxy groups -OCH3 is 1. The van der Waals surface area contributed by atoms with Crippen LogP contribution in [0.3, 0.4) is 0 Å². The highest BCUT2D eigenvalue weighted by molar-refractivity contribution is 9.10. The lowest BCUT2D eigenvalue weighted by Crippen LogP contribution is -2.39. The molecule has 4 rings (SSSR count). The van der Waals surface area contributed by atoms with Gasteiger partial charge in [-0.15, -0.1) is 0 Å². The van der Waals surface area contributed by atoms with Crippen molar-refractivity contribution in [3.05, 3.63) is 79.4 Å². The van der Waals surface area contributed by atoms with Gasteiger partial charge in [0.1, 0.15) is 11.5 Å². The van der Waals surface area contributed by atoms with Crippen LogP contribution in [0.5, 0.6) is 17.5 Å². The normalized spacial score (nSPS) is 11.1. The molecule has 30 heavy (non-hydrogen) atoms. The first-order chi connectivity index (χ1) is 14.4. The molecule has 0 aliphatic rings. The maximum atomic E-state index is 13.0. The Hall–Kier alpha value is -3.33. The standard InChI is InChI=1S/C21H19BrN4O4/c1-24-17-18(23-20(24)29-3)25(2)21(28)26(19(17)27)12-13-4-8-15(9-5-13)30-16-10-6-14(22)7-11-16/h4-11H,12H2,1-3H3. The lowest BCUT2D eigenvalue weighted by atomic mass is 10.2. The summed E-state index contributed by atoms with van der Waals surface area (Å²) in [5.74, 6) is 1.37. The first-order valence-corrected chi connectivity index (χ1v) is 9.91. The quantitative estimate of drug-likeness (QED) is 0.447. The van der Waals surface area contributed by atoms with Gasteiger partial charge in [0.2, 0.25) is 0 Å². The molecule has 2 heterocycles. The van der Waals surface area contributed by atoms with Gasteiger partial charge in [-0.25, -0.2) is 4.79 Å². The molecule has 0 saturated carbocycles. The second-order valence-corrected chi connectivity index (χ2v) is 7.68. The first kappa shape index (κ1) is 20.0. The van der Waals surface area contributed by atoms with Crippen molar-refractivity contribution in [2.45, 2.75) is 6.54 Å². The van der Waals surface area contributed by atoms with Gasteiger partial charge in [-0.3, -0.25) is 18.5 Å². The van der Waals surface area contributed by atoms with Crippen LogP contribution in [-0.2, 0) is 20.6 Å². The summed E-state index contributed by atoms with van der Waals surface area (Å²) in [7, 11) is 4.73. The maximum Gasteiger partial charge on any atom is 0.332 e. The van der Waals surface area contributed by atoms with Crippen molar-refractivity contribution >= 4 is 27.1 Å². The van der Waals surface area contributed by atoms with Gasteiger partial charge in [-0.05, 0) is 42.0 Å². The van der Waals surface area contributed by atoms with Crippen LogP contribution in [0.25, 0.3) is 11.2 Å². The van der Waals surface area contributed by atoms with Crippen molar-refractivity contribution in [2.75, 3.05) is 7.11 Å². The molecule has 0 fully saturated rings. The predicted octanol–water partition coefficient (Wildman–Crippen LogP) is 3.05. The van der Waals surface area contributed by atoms with Gasteiger partial charge >= 0.3 is 5.69 Å². The summed E-state index contributed by atoms with van der Waals surface area (Å²) in [6.45, 7) is 0.132. The largest absolute Gasteiger partial charge is 0.468 e. The van der Waals surface area contributed by atoms with Crippen LogP contribution in [0, 0.1) is 0 Å². The number of ether oxygens (including phenoxy) is 2. The van der Waals surface area contributed by atoms with Crippen molar-refractivity contribution in [3.63, 3.8) is 0 Å². The predicted molar refractivity (Wildman–Crippen MR) is 117 cm³/mol. The van der Waals surface area contributed by atoms with Crippen LogP contribution < -0.4 is 20.7 Å². The Morgan fingerprint density at radius 1 is 0.933 bits per heavy atom. The van der Waals surface area contributed by atoms with E-state index >= 15 is 0 Å². The summed E-state index contributed by atoms with van der Waals surface area (Å²) < 4.78 is 16.0. The fourth-order valence-corrected chi connectivity index (χ4v) is 3.49. The van der Waals surface area contributed by atoms with Crippen molar-refractivity contribution in [1.29, 1.82) is 0 Å². The molecule has 4 aromatic rings. The number of aromatic nitrogens is 4. The van der Waals surface area contributed by atoms with E-state index in [0.29, 0.717) is 22.7 Å². The Morgan fingerprint density at radius 2 is 1.53 bits per heavy atom. The first-order valence-electron chi connectivity index (χ1n) is 9.11. The zero-order valence-electron chi connectivity index (χ0n) is 16.6. The number of benzene rings is 2. The zero-order valence-corrected chi connectivity index (χ0v) is 18.2. The number of fused-ring (bicyclic) bond motifs is 1. The van der Waals surface area contributed by atoms with E-state index < -0.39 is 11.2 Å². The second kappa shape index (κ2) is 7.83. The molecule has 0 radical (unpaired) electrons. The van der Waals surface area contributed by atoms with E-state index in [0.717, 1.165) is 10.0 Å². The van der Waals surface area contributed by atoms with Crippen molar-refractivity contribution in [3.8, 4) is 17.5 Å². The number of rotatable bonds is 5. The van der Waals surface area contributed by atoms with Gasteiger partial charge in [-0.1, -0.05) is 28.1 Å². The summed E-state index contributed by atoms with van der Waals surface area (Å²) in [5, 5.41) is 0. The summed E-state index contributed by atoms with van der Waals surface area (Å²) in [6, 6.07) is 15.0. The molecule has 154 valence electrons. The average Bonchev–Trinajstić information content (AvgIpc) is 3.09. The lowest BCUT2D eigenvalue weighted by molar-refractivity contribution is 0.368. The Kier molecular flexibility index (Phi) is 5.21. The van der Waals surface area contributed by atoms with E-state index in [1.54, 1.807) is 30.8 Å². The minimum absolute atomic E-state index is 0.132. The summed E-state index contributed by atoms with van der Waals surface area (Å²) in [4.78, 5) is 30.0. The highest BCUT2D eigenvalue weighted by Gasteiger charge is 2.18. The van der Waals surface area contributed by atoms with Crippen LogP contribution in [0.1, 0.15) is 5.56 Å². The van der Waals surface area contributed by atoms with E-state index in [9.17, 15) is 9.59 Å². The molecule has 0 amide bonds. The van der Waals surface area contributed by atoms with Crippen LogP contribution in [-0.4, -0.2) is 25.8 Å². The van der Waals surface area contributed by atoms with Gasteiger partial charge in [0.25, 0.3) is 11.6 Å². The number of hydrogen-bond acceptors (Lipinski definition) is 5. The topological polar surface area (TPSA) is 80.3 Å².